The van der Waals surface area contributed by atoms with Crippen LogP contribution < -0.4 is 0 Å². The van der Waals surface area contributed by atoms with Crippen LogP contribution in [0.5, 0.6) is 0 Å². The zero-order valence-electron chi connectivity index (χ0n) is 52.8. The largest absolute Gasteiger partial charge is 0.462 e. The Kier molecular flexibility index (Phi) is 64.3. The summed E-state index contributed by atoms with van der Waals surface area (Å²) in [6.45, 7) is 6.39. The number of unbranched alkanes of at least 4 members (excludes halogenated alkanes) is 27. The minimum absolute atomic E-state index is 0.0988. The van der Waals surface area contributed by atoms with E-state index >= 15 is 0 Å². The van der Waals surface area contributed by atoms with Crippen LogP contribution in [0.15, 0.2) is 134 Å². The summed E-state index contributed by atoms with van der Waals surface area (Å²) in [5.74, 6) is -0.938. The van der Waals surface area contributed by atoms with Gasteiger partial charge in [-0.2, -0.15) is 0 Å². The molecule has 0 rings (SSSR count). The van der Waals surface area contributed by atoms with Crippen molar-refractivity contribution in [1.82, 2.24) is 0 Å². The second-order valence-corrected chi connectivity index (χ2v) is 22.0. The van der Waals surface area contributed by atoms with Crippen molar-refractivity contribution in [1.29, 1.82) is 0 Å². The third-order valence-electron chi connectivity index (χ3n) is 14.1. The number of esters is 3. The van der Waals surface area contributed by atoms with Crippen LogP contribution in [0, 0.1) is 0 Å². The Labute approximate surface area is 500 Å². The van der Waals surface area contributed by atoms with E-state index in [1.165, 1.54) is 128 Å². The molecule has 0 N–H and O–H groups in total. The van der Waals surface area contributed by atoms with Crippen molar-refractivity contribution in [3.63, 3.8) is 0 Å². The summed E-state index contributed by atoms with van der Waals surface area (Å²) < 4.78 is 16.9. The average molecular weight is 1120 g/mol. The maximum absolute atomic E-state index is 12.9. The average Bonchev–Trinajstić information content (AvgIpc) is 3.47. The summed E-state index contributed by atoms with van der Waals surface area (Å²) in [5.41, 5.74) is 0. The van der Waals surface area contributed by atoms with Gasteiger partial charge in [-0.15, -0.1) is 0 Å². The monoisotopic (exact) mass is 1120 g/mol. The zero-order chi connectivity index (χ0) is 58.5. The second kappa shape index (κ2) is 68.1. The number of rotatable bonds is 60. The smallest absolute Gasteiger partial charge is 0.306 e. The van der Waals surface area contributed by atoms with Gasteiger partial charge in [0.15, 0.2) is 6.10 Å². The SMILES string of the molecule is CC/C=C\C/C=C\C/C=C\C/C=C\C/C=C\CCCCCC(=O)OC(COC(=O)CCCCCCCCC/C=C\C/C=C\C/C=C\CC)COC(=O)CCCCCCCCCCCCCC/C=C\C/C=C\C/C=C\CCCCCCC. The number of hydrogen-bond acceptors (Lipinski definition) is 6. The Bertz CT molecular complexity index is 1720. The van der Waals surface area contributed by atoms with Crippen LogP contribution in [0.25, 0.3) is 0 Å². The first-order valence-corrected chi connectivity index (χ1v) is 33.7. The summed E-state index contributed by atoms with van der Waals surface area (Å²) in [4.78, 5) is 38.4. The molecule has 0 aliphatic carbocycles. The van der Waals surface area contributed by atoms with Crippen molar-refractivity contribution >= 4 is 17.9 Å². The van der Waals surface area contributed by atoms with Gasteiger partial charge in [-0.3, -0.25) is 14.4 Å². The van der Waals surface area contributed by atoms with Crippen LogP contribution in [0.1, 0.15) is 303 Å². The maximum atomic E-state index is 12.9. The fourth-order valence-electron chi connectivity index (χ4n) is 9.14. The molecule has 0 amide bonds. The highest BCUT2D eigenvalue weighted by molar-refractivity contribution is 5.71. The summed E-state index contributed by atoms with van der Waals surface area (Å²) >= 11 is 0. The van der Waals surface area contributed by atoms with Gasteiger partial charge in [-0.25, -0.2) is 0 Å². The molecule has 0 aromatic heterocycles. The maximum Gasteiger partial charge on any atom is 0.306 e. The predicted octanol–water partition coefficient (Wildman–Crippen LogP) is 23.3. The molecule has 0 bridgehead atoms. The molecule has 81 heavy (non-hydrogen) atoms. The Morgan fingerprint density at radius 3 is 0.765 bits per heavy atom. The topological polar surface area (TPSA) is 78.9 Å². The molecule has 0 aromatic carbocycles. The molecule has 460 valence electrons. The van der Waals surface area contributed by atoms with Crippen LogP contribution in [0.3, 0.4) is 0 Å². The highest BCUT2D eigenvalue weighted by Crippen LogP contribution is 2.16. The fourth-order valence-corrected chi connectivity index (χ4v) is 9.14. The van der Waals surface area contributed by atoms with Crippen molar-refractivity contribution in [2.45, 2.75) is 309 Å². The van der Waals surface area contributed by atoms with Gasteiger partial charge >= 0.3 is 17.9 Å². The third kappa shape index (κ3) is 66.2. The third-order valence-corrected chi connectivity index (χ3v) is 14.1. The predicted molar refractivity (Wildman–Crippen MR) is 353 cm³/mol. The summed E-state index contributed by atoms with van der Waals surface area (Å²) in [5, 5.41) is 0. The zero-order valence-corrected chi connectivity index (χ0v) is 52.8. The van der Waals surface area contributed by atoms with E-state index in [1.54, 1.807) is 0 Å². The van der Waals surface area contributed by atoms with Crippen LogP contribution in [0.2, 0.25) is 0 Å². The molecule has 0 aliphatic heterocycles. The van der Waals surface area contributed by atoms with Gasteiger partial charge in [0.25, 0.3) is 0 Å². The molecule has 1 atom stereocenters. The Morgan fingerprint density at radius 1 is 0.259 bits per heavy atom. The molecule has 0 spiro atoms. The molecular weight excluding hydrogens is 997 g/mol. The molecular formula is C75H124O6. The van der Waals surface area contributed by atoms with Gasteiger partial charge in [0.05, 0.1) is 0 Å². The van der Waals surface area contributed by atoms with E-state index in [4.69, 9.17) is 14.2 Å². The molecule has 6 nitrogen and oxygen atoms in total. The number of carbonyl (C=O) groups excluding carboxylic acids is 3. The van der Waals surface area contributed by atoms with Crippen LogP contribution in [-0.2, 0) is 28.6 Å². The highest BCUT2D eigenvalue weighted by Gasteiger charge is 2.19. The van der Waals surface area contributed by atoms with Gasteiger partial charge in [0, 0.05) is 19.3 Å². The van der Waals surface area contributed by atoms with E-state index in [1.807, 2.05) is 0 Å². The normalized spacial score (nSPS) is 13.0. The number of hydrogen-bond donors (Lipinski definition) is 0. The lowest BCUT2D eigenvalue weighted by Crippen LogP contribution is -2.30. The van der Waals surface area contributed by atoms with Crippen molar-refractivity contribution in [2.75, 3.05) is 13.2 Å². The van der Waals surface area contributed by atoms with E-state index < -0.39 is 6.10 Å². The number of allylic oxidation sites excluding steroid dienone is 22. The van der Waals surface area contributed by atoms with Gasteiger partial charge < -0.3 is 14.2 Å². The fraction of sp³-hybridized carbons (Fsp3) is 0.667. The molecule has 0 heterocycles. The minimum atomic E-state index is -0.807. The summed E-state index contributed by atoms with van der Waals surface area (Å²) in [6, 6.07) is 0. The lowest BCUT2D eigenvalue weighted by molar-refractivity contribution is -0.167. The Morgan fingerprint density at radius 2 is 0.481 bits per heavy atom. The lowest BCUT2D eigenvalue weighted by atomic mass is 10.0. The van der Waals surface area contributed by atoms with Crippen molar-refractivity contribution in [2.24, 2.45) is 0 Å². The van der Waals surface area contributed by atoms with Crippen molar-refractivity contribution < 1.29 is 28.6 Å². The molecule has 0 aliphatic rings. The van der Waals surface area contributed by atoms with E-state index in [0.717, 1.165) is 135 Å². The molecule has 6 heteroatoms. The summed E-state index contributed by atoms with van der Waals surface area (Å²) in [6.07, 6.45) is 96.0. The van der Waals surface area contributed by atoms with Gasteiger partial charge in [0.1, 0.15) is 13.2 Å². The first-order valence-electron chi connectivity index (χ1n) is 33.7. The van der Waals surface area contributed by atoms with Crippen LogP contribution in [0.4, 0.5) is 0 Å². The first kappa shape index (κ1) is 76.5. The Balaban J connectivity index is 4.41. The molecule has 0 fully saturated rings. The van der Waals surface area contributed by atoms with Gasteiger partial charge in [-0.1, -0.05) is 283 Å². The van der Waals surface area contributed by atoms with Gasteiger partial charge in [-0.05, 0) is 135 Å². The summed E-state index contributed by atoms with van der Waals surface area (Å²) in [7, 11) is 0. The van der Waals surface area contributed by atoms with E-state index in [9.17, 15) is 14.4 Å². The quantitative estimate of drug-likeness (QED) is 0.0261. The van der Waals surface area contributed by atoms with Crippen molar-refractivity contribution in [3.05, 3.63) is 134 Å². The van der Waals surface area contributed by atoms with E-state index in [0.29, 0.717) is 12.8 Å². The highest BCUT2D eigenvalue weighted by atomic mass is 16.6. The molecule has 0 aromatic rings. The second-order valence-electron chi connectivity index (χ2n) is 22.0. The first-order chi connectivity index (χ1) is 40.0. The number of ether oxygens (including phenoxy) is 3. The van der Waals surface area contributed by atoms with Crippen molar-refractivity contribution in [3.8, 4) is 0 Å². The Hall–Kier alpha value is -4.45. The number of carbonyl (C=O) groups is 3. The van der Waals surface area contributed by atoms with Crippen LogP contribution in [-0.4, -0.2) is 37.2 Å². The molecule has 0 radical (unpaired) electrons. The standard InChI is InChI=1S/C75H124O6/c1-4-7-10-13-16-19-22-25-28-31-33-34-35-36-37-38-39-40-42-44-47-50-53-56-59-62-65-68-74(77)80-71-72(70-79-73(76)67-64-61-58-55-52-49-46-43-30-27-24-21-18-15-12-9-6-3)81-75(78)69-66-63-60-57-54-51-48-45-41-32-29-26-23-20-17-14-11-8-5-2/h8-9,11-12,17-18,20-22,25-27,29-31,33,35-36,41,45,51,54,72H,4-7,10,13-16,19,23-24,28,32,34,37-40,42-44,46-50,52-53,55-71H2,1-3H3/b11-8-,12-9-,20-17-,21-18-,25-22-,29-26-,30-27-,33-31-,36-35-,45-41-,54-51-. The molecule has 0 saturated carbocycles. The van der Waals surface area contributed by atoms with Gasteiger partial charge in [0.2, 0.25) is 0 Å². The van der Waals surface area contributed by atoms with E-state index in [-0.39, 0.29) is 37.5 Å². The van der Waals surface area contributed by atoms with Crippen LogP contribution >= 0.6 is 0 Å². The lowest BCUT2D eigenvalue weighted by Gasteiger charge is -2.18. The molecule has 1 unspecified atom stereocenters. The van der Waals surface area contributed by atoms with E-state index in [2.05, 4.69) is 154 Å². The minimum Gasteiger partial charge on any atom is -0.462 e. The molecule has 0 saturated heterocycles.